The van der Waals surface area contributed by atoms with Crippen molar-refractivity contribution in [3.63, 3.8) is 0 Å². The van der Waals surface area contributed by atoms with Crippen LogP contribution in [0.1, 0.15) is 54.4 Å². The first-order valence-corrected chi connectivity index (χ1v) is 9.32. The number of ether oxygens (including phenoxy) is 4. The third-order valence-electron chi connectivity index (χ3n) is 5.14. The van der Waals surface area contributed by atoms with E-state index in [0.29, 0.717) is 13.0 Å². The van der Waals surface area contributed by atoms with Gasteiger partial charge < -0.3 is 18.9 Å². The predicted molar refractivity (Wildman–Crippen MR) is 93.9 cm³/mol. The molecule has 0 aromatic rings. The summed E-state index contributed by atoms with van der Waals surface area (Å²) in [5.74, 6) is -0.965. The maximum absolute atomic E-state index is 12.0. The Labute approximate surface area is 155 Å². The minimum absolute atomic E-state index is 0.0614. The highest BCUT2D eigenvalue weighted by Crippen LogP contribution is 2.35. The van der Waals surface area contributed by atoms with Crippen molar-refractivity contribution in [3.05, 3.63) is 0 Å². The van der Waals surface area contributed by atoms with Gasteiger partial charge in [-0.25, -0.2) is 0 Å². The molecule has 1 aliphatic rings. The molecule has 26 heavy (non-hydrogen) atoms. The van der Waals surface area contributed by atoms with E-state index in [1.807, 2.05) is 13.8 Å². The van der Waals surface area contributed by atoms with Crippen LogP contribution in [0.25, 0.3) is 0 Å². The summed E-state index contributed by atoms with van der Waals surface area (Å²) >= 11 is 0. The normalized spacial score (nSPS) is 29.5. The van der Waals surface area contributed by atoms with Gasteiger partial charge in [0, 0.05) is 19.3 Å². The van der Waals surface area contributed by atoms with E-state index in [1.165, 1.54) is 6.92 Å². The molecule has 7 heteroatoms. The number of esters is 3. The molecule has 0 amide bonds. The lowest BCUT2D eigenvalue weighted by molar-refractivity contribution is -0.248. The number of hydrogen-bond donors (Lipinski definition) is 0. The Morgan fingerprint density at radius 3 is 2.27 bits per heavy atom. The molecule has 6 unspecified atom stereocenters. The highest BCUT2D eigenvalue weighted by atomic mass is 16.7. The summed E-state index contributed by atoms with van der Waals surface area (Å²) in [4.78, 5) is 34.8. The smallest absolute Gasteiger partial charge is 0.308 e. The fraction of sp³-hybridized carbons (Fsp3) is 0.842. The van der Waals surface area contributed by atoms with Gasteiger partial charge in [-0.15, -0.1) is 0 Å². The van der Waals surface area contributed by atoms with E-state index < -0.39 is 12.3 Å². The molecule has 0 saturated carbocycles. The molecule has 0 aromatic heterocycles. The first-order valence-electron chi connectivity index (χ1n) is 9.32. The molecular formula is C19H32O7. The number of hydrogen-bond acceptors (Lipinski definition) is 7. The summed E-state index contributed by atoms with van der Waals surface area (Å²) in [5, 5.41) is 0. The van der Waals surface area contributed by atoms with Gasteiger partial charge >= 0.3 is 17.9 Å². The Balaban J connectivity index is 2.47. The maximum atomic E-state index is 12.0. The van der Waals surface area contributed by atoms with Crippen molar-refractivity contribution in [2.24, 2.45) is 23.7 Å². The Hall–Kier alpha value is -1.63. The number of carbonyl (C=O) groups excluding carboxylic acids is 3. The standard InChI is InChI=1S/C19H32O7/c1-7-23-18(22)11(2)8-9-17(21)24-10-16-13(4)12(3)14(5)19(26-16)25-15(6)20/h11-14,16,19H,7-10H2,1-6H3. The maximum Gasteiger partial charge on any atom is 0.308 e. The molecule has 1 heterocycles. The molecule has 1 saturated heterocycles. The van der Waals surface area contributed by atoms with Crippen LogP contribution in [0.2, 0.25) is 0 Å². The molecule has 0 radical (unpaired) electrons. The fourth-order valence-electron chi connectivity index (χ4n) is 2.96. The zero-order valence-corrected chi connectivity index (χ0v) is 16.7. The van der Waals surface area contributed by atoms with Crippen molar-refractivity contribution in [1.29, 1.82) is 0 Å². The van der Waals surface area contributed by atoms with Gasteiger partial charge in [-0.2, -0.15) is 0 Å². The van der Waals surface area contributed by atoms with Crippen LogP contribution in [-0.2, 0) is 33.3 Å². The average molecular weight is 372 g/mol. The van der Waals surface area contributed by atoms with Gasteiger partial charge in [0.1, 0.15) is 6.61 Å². The molecule has 0 aromatic carbocycles. The highest BCUT2D eigenvalue weighted by molar-refractivity contribution is 5.74. The molecule has 6 atom stereocenters. The van der Waals surface area contributed by atoms with Crippen LogP contribution in [0.4, 0.5) is 0 Å². The van der Waals surface area contributed by atoms with Crippen molar-refractivity contribution < 1.29 is 33.3 Å². The van der Waals surface area contributed by atoms with Crippen LogP contribution in [0, 0.1) is 23.7 Å². The summed E-state index contributed by atoms with van der Waals surface area (Å²) in [5.41, 5.74) is 0. The second-order valence-corrected chi connectivity index (χ2v) is 7.10. The van der Waals surface area contributed by atoms with E-state index >= 15 is 0 Å². The monoisotopic (exact) mass is 372 g/mol. The first kappa shape index (κ1) is 22.4. The van der Waals surface area contributed by atoms with Crippen molar-refractivity contribution in [1.82, 2.24) is 0 Å². The molecule has 0 N–H and O–H groups in total. The molecule has 150 valence electrons. The van der Waals surface area contributed by atoms with Gasteiger partial charge in [0.2, 0.25) is 6.29 Å². The van der Waals surface area contributed by atoms with Gasteiger partial charge in [0.05, 0.1) is 18.6 Å². The third-order valence-corrected chi connectivity index (χ3v) is 5.14. The molecule has 7 nitrogen and oxygen atoms in total. The molecule has 1 rings (SSSR count). The van der Waals surface area contributed by atoms with E-state index in [2.05, 4.69) is 6.92 Å². The zero-order valence-electron chi connectivity index (χ0n) is 16.7. The van der Waals surface area contributed by atoms with E-state index in [1.54, 1.807) is 13.8 Å². The van der Waals surface area contributed by atoms with Crippen LogP contribution in [0.15, 0.2) is 0 Å². The average Bonchev–Trinajstić information content (AvgIpc) is 2.58. The summed E-state index contributed by atoms with van der Waals surface area (Å²) < 4.78 is 21.3. The quantitative estimate of drug-likeness (QED) is 0.478. The van der Waals surface area contributed by atoms with Crippen LogP contribution >= 0.6 is 0 Å². The summed E-state index contributed by atoms with van der Waals surface area (Å²) in [6.45, 7) is 11.3. The summed E-state index contributed by atoms with van der Waals surface area (Å²) in [6.07, 6.45) is -0.453. The SMILES string of the molecule is CCOC(=O)C(C)CCC(=O)OCC1OC(OC(C)=O)C(C)C(C)C1C. The number of rotatable bonds is 8. The Bertz CT molecular complexity index is 490. The second-order valence-electron chi connectivity index (χ2n) is 7.10. The lowest BCUT2D eigenvalue weighted by Crippen LogP contribution is -2.48. The highest BCUT2D eigenvalue weighted by Gasteiger charge is 2.41. The largest absolute Gasteiger partial charge is 0.466 e. The first-order chi connectivity index (χ1) is 12.2. The van der Waals surface area contributed by atoms with Crippen LogP contribution in [0.5, 0.6) is 0 Å². The molecular weight excluding hydrogens is 340 g/mol. The lowest BCUT2D eigenvalue weighted by Gasteiger charge is -2.42. The van der Waals surface area contributed by atoms with Gasteiger partial charge in [-0.05, 0) is 25.2 Å². The van der Waals surface area contributed by atoms with Gasteiger partial charge in [-0.1, -0.05) is 27.7 Å². The third kappa shape index (κ3) is 6.59. The minimum atomic E-state index is -0.633. The van der Waals surface area contributed by atoms with Crippen molar-refractivity contribution in [2.45, 2.75) is 66.8 Å². The molecule has 0 spiro atoms. The summed E-state index contributed by atoms with van der Waals surface area (Å²) in [6, 6.07) is 0. The van der Waals surface area contributed by atoms with Gasteiger partial charge in [0.25, 0.3) is 0 Å². The molecule has 0 aliphatic carbocycles. The van der Waals surface area contributed by atoms with E-state index in [0.717, 1.165) is 0 Å². The van der Waals surface area contributed by atoms with Crippen LogP contribution < -0.4 is 0 Å². The lowest BCUT2D eigenvalue weighted by atomic mass is 9.79. The second kappa shape index (κ2) is 10.5. The summed E-state index contributed by atoms with van der Waals surface area (Å²) in [7, 11) is 0. The van der Waals surface area contributed by atoms with E-state index in [4.69, 9.17) is 18.9 Å². The van der Waals surface area contributed by atoms with Gasteiger partial charge in [0.15, 0.2) is 0 Å². The topological polar surface area (TPSA) is 88.1 Å². The Morgan fingerprint density at radius 1 is 1.04 bits per heavy atom. The van der Waals surface area contributed by atoms with E-state index in [-0.39, 0.29) is 54.7 Å². The van der Waals surface area contributed by atoms with Gasteiger partial charge in [-0.3, -0.25) is 14.4 Å². The zero-order chi connectivity index (χ0) is 19.9. The predicted octanol–water partition coefficient (Wildman–Crippen LogP) is 2.71. The fourth-order valence-corrected chi connectivity index (χ4v) is 2.96. The van der Waals surface area contributed by atoms with E-state index in [9.17, 15) is 14.4 Å². The minimum Gasteiger partial charge on any atom is -0.466 e. The molecule has 0 bridgehead atoms. The van der Waals surface area contributed by atoms with Crippen molar-refractivity contribution in [3.8, 4) is 0 Å². The van der Waals surface area contributed by atoms with Crippen LogP contribution in [-0.4, -0.2) is 43.5 Å². The molecule has 1 fully saturated rings. The van der Waals surface area contributed by atoms with Crippen molar-refractivity contribution in [2.75, 3.05) is 13.2 Å². The molecule has 1 aliphatic heterocycles. The van der Waals surface area contributed by atoms with Crippen molar-refractivity contribution >= 4 is 17.9 Å². The Morgan fingerprint density at radius 2 is 1.69 bits per heavy atom. The number of carbonyl (C=O) groups is 3. The Kier molecular flexibility index (Phi) is 9.05. The van der Waals surface area contributed by atoms with Crippen LogP contribution in [0.3, 0.4) is 0 Å².